The summed E-state index contributed by atoms with van der Waals surface area (Å²) >= 11 is 1.66. The van der Waals surface area contributed by atoms with Gasteiger partial charge in [0.15, 0.2) is 0 Å². The van der Waals surface area contributed by atoms with Crippen LogP contribution < -0.4 is 5.32 Å². The van der Waals surface area contributed by atoms with Crippen LogP contribution in [0.25, 0.3) is 10.4 Å². The molecule has 1 aromatic carbocycles. The van der Waals surface area contributed by atoms with E-state index in [0.29, 0.717) is 0 Å². The van der Waals surface area contributed by atoms with Crippen molar-refractivity contribution >= 4 is 11.3 Å². The first kappa shape index (κ1) is 11.9. The molecule has 1 fully saturated rings. The predicted molar refractivity (Wildman–Crippen MR) is 74.4 cm³/mol. The summed E-state index contributed by atoms with van der Waals surface area (Å²) in [6.07, 6.45) is 2.19. The predicted octanol–water partition coefficient (Wildman–Crippen LogP) is 4.07. The van der Waals surface area contributed by atoms with E-state index < -0.39 is 0 Å². The Hall–Kier alpha value is -1.19. The van der Waals surface area contributed by atoms with Gasteiger partial charge in [-0.1, -0.05) is 6.07 Å². The van der Waals surface area contributed by atoms with Crippen LogP contribution in [0.4, 0.5) is 4.39 Å². The van der Waals surface area contributed by atoms with Crippen molar-refractivity contribution in [2.24, 2.45) is 0 Å². The van der Waals surface area contributed by atoms with E-state index in [0.717, 1.165) is 34.4 Å². The van der Waals surface area contributed by atoms with Crippen molar-refractivity contribution in [1.29, 1.82) is 0 Å². The topological polar surface area (TPSA) is 12.0 Å². The van der Waals surface area contributed by atoms with E-state index in [9.17, 15) is 4.39 Å². The highest BCUT2D eigenvalue weighted by atomic mass is 32.1. The molecule has 94 valence electrons. The van der Waals surface area contributed by atoms with E-state index in [-0.39, 0.29) is 11.4 Å². The molecule has 0 spiro atoms. The minimum atomic E-state index is -0.0996. The molecule has 1 aromatic heterocycles. The molecule has 1 nitrogen and oxygen atoms in total. The van der Waals surface area contributed by atoms with Crippen molar-refractivity contribution < 1.29 is 4.39 Å². The molecule has 1 saturated carbocycles. The molecule has 3 rings (SSSR count). The fraction of sp³-hybridized carbons (Fsp3) is 0.333. The van der Waals surface area contributed by atoms with Crippen molar-refractivity contribution in [2.45, 2.75) is 25.3 Å². The Bertz CT molecular complexity index is 570. The second-order valence-electron chi connectivity index (χ2n) is 4.94. The quantitative estimate of drug-likeness (QED) is 0.878. The summed E-state index contributed by atoms with van der Waals surface area (Å²) in [5.74, 6) is -0.0996. The zero-order valence-corrected chi connectivity index (χ0v) is 11.4. The van der Waals surface area contributed by atoms with Crippen molar-refractivity contribution in [2.75, 3.05) is 7.05 Å². The van der Waals surface area contributed by atoms with Gasteiger partial charge in [-0.15, -0.1) is 11.3 Å². The van der Waals surface area contributed by atoms with Gasteiger partial charge in [-0.05, 0) is 67.1 Å². The van der Waals surface area contributed by atoms with Crippen molar-refractivity contribution in [3.05, 3.63) is 46.6 Å². The van der Waals surface area contributed by atoms with Crippen molar-refractivity contribution in [1.82, 2.24) is 5.32 Å². The number of hydrogen-bond acceptors (Lipinski definition) is 2. The number of benzene rings is 1. The van der Waals surface area contributed by atoms with Gasteiger partial charge >= 0.3 is 0 Å². The zero-order chi connectivity index (χ0) is 12.8. The first-order valence-electron chi connectivity index (χ1n) is 6.20. The lowest BCUT2D eigenvalue weighted by Crippen LogP contribution is -2.24. The third-order valence-electron chi connectivity index (χ3n) is 3.91. The number of thiophene rings is 1. The Morgan fingerprint density at radius 3 is 2.67 bits per heavy atom. The van der Waals surface area contributed by atoms with Gasteiger partial charge in [0.25, 0.3) is 0 Å². The Labute approximate surface area is 111 Å². The molecule has 0 radical (unpaired) electrons. The van der Waals surface area contributed by atoms with Crippen LogP contribution in [0.15, 0.2) is 29.6 Å². The third-order valence-corrected chi connectivity index (χ3v) is 4.82. The van der Waals surface area contributed by atoms with Gasteiger partial charge in [0.1, 0.15) is 5.82 Å². The molecule has 0 unspecified atom stereocenters. The van der Waals surface area contributed by atoms with Gasteiger partial charge in [0.05, 0.1) is 0 Å². The molecule has 0 aliphatic heterocycles. The average Bonchev–Trinajstić information content (AvgIpc) is 2.99. The largest absolute Gasteiger partial charge is 0.310 e. The first-order valence-corrected chi connectivity index (χ1v) is 7.08. The molecule has 1 aliphatic carbocycles. The minimum absolute atomic E-state index is 0.0144. The normalized spacial score (nSPS) is 16.8. The third kappa shape index (κ3) is 1.78. The van der Waals surface area contributed by atoms with Gasteiger partial charge < -0.3 is 5.32 Å². The molecule has 1 heterocycles. The summed E-state index contributed by atoms with van der Waals surface area (Å²) in [5.41, 5.74) is 2.87. The summed E-state index contributed by atoms with van der Waals surface area (Å²) in [7, 11) is 1.95. The van der Waals surface area contributed by atoms with Crippen LogP contribution in [0, 0.1) is 12.7 Å². The van der Waals surface area contributed by atoms with Crippen LogP contribution >= 0.6 is 11.3 Å². The van der Waals surface area contributed by atoms with E-state index in [1.807, 2.05) is 25.4 Å². The SMILES string of the molecule is CNC1(c2cc(F)c(C)c(-c3cccs3)c2)CC1. The number of nitrogens with one attached hydrogen (secondary N) is 1. The number of halogens is 1. The molecule has 0 atom stereocenters. The van der Waals surface area contributed by atoms with Crippen molar-refractivity contribution in [3.8, 4) is 10.4 Å². The number of hydrogen-bond donors (Lipinski definition) is 1. The van der Waals surface area contributed by atoms with Gasteiger partial charge in [-0.2, -0.15) is 0 Å². The molecule has 2 aromatic rings. The second-order valence-corrected chi connectivity index (χ2v) is 5.89. The summed E-state index contributed by atoms with van der Waals surface area (Å²) in [4.78, 5) is 1.14. The first-order chi connectivity index (χ1) is 8.66. The summed E-state index contributed by atoms with van der Waals surface area (Å²) in [6, 6.07) is 7.90. The van der Waals surface area contributed by atoms with Crippen LogP contribution in [0.5, 0.6) is 0 Å². The zero-order valence-electron chi connectivity index (χ0n) is 10.6. The fourth-order valence-electron chi connectivity index (χ4n) is 2.45. The van der Waals surface area contributed by atoms with E-state index >= 15 is 0 Å². The molecular weight excluding hydrogens is 245 g/mol. The Morgan fingerprint density at radius 2 is 2.11 bits per heavy atom. The monoisotopic (exact) mass is 261 g/mol. The lowest BCUT2D eigenvalue weighted by atomic mass is 9.97. The van der Waals surface area contributed by atoms with Gasteiger partial charge in [-0.25, -0.2) is 4.39 Å². The molecule has 0 saturated heterocycles. The average molecular weight is 261 g/mol. The minimum Gasteiger partial charge on any atom is -0.310 e. The van der Waals surface area contributed by atoms with E-state index in [1.165, 1.54) is 0 Å². The van der Waals surface area contributed by atoms with Crippen LogP contribution in [0.3, 0.4) is 0 Å². The Kier molecular flexibility index (Phi) is 2.76. The van der Waals surface area contributed by atoms with Crippen LogP contribution in [-0.4, -0.2) is 7.05 Å². The molecule has 18 heavy (non-hydrogen) atoms. The molecule has 1 aliphatic rings. The fourth-order valence-corrected chi connectivity index (χ4v) is 3.25. The maximum absolute atomic E-state index is 14.1. The van der Waals surface area contributed by atoms with Crippen LogP contribution in [0.2, 0.25) is 0 Å². The summed E-state index contributed by atoms with van der Waals surface area (Å²) in [6.45, 7) is 1.85. The van der Waals surface area contributed by atoms with E-state index in [2.05, 4.69) is 17.4 Å². The molecule has 3 heteroatoms. The lowest BCUT2D eigenvalue weighted by Gasteiger charge is -2.17. The smallest absolute Gasteiger partial charge is 0.127 e. The molecule has 1 N–H and O–H groups in total. The molecule has 0 amide bonds. The highest BCUT2D eigenvalue weighted by Gasteiger charge is 2.43. The second kappa shape index (κ2) is 4.18. The Balaban J connectivity index is 2.14. The maximum atomic E-state index is 14.1. The maximum Gasteiger partial charge on any atom is 0.127 e. The highest BCUT2D eigenvalue weighted by molar-refractivity contribution is 7.13. The highest BCUT2D eigenvalue weighted by Crippen LogP contribution is 2.46. The standard InChI is InChI=1S/C15H16FNS/c1-10-12(14-4-3-7-18-14)8-11(9-13(10)16)15(17-2)5-6-15/h3-4,7-9,17H,5-6H2,1-2H3. The molecule has 0 bridgehead atoms. The van der Waals surface area contributed by atoms with Gasteiger partial charge in [0.2, 0.25) is 0 Å². The Morgan fingerprint density at radius 1 is 1.33 bits per heavy atom. The van der Waals surface area contributed by atoms with Gasteiger partial charge in [-0.3, -0.25) is 0 Å². The van der Waals surface area contributed by atoms with E-state index in [4.69, 9.17) is 0 Å². The van der Waals surface area contributed by atoms with E-state index in [1.54, 1.807) is 17.4 Å². The lowest BCUT2D eigenvalue weighted by molar-refractivity contribution is 0.569. The summed E-state index contributed by atoms with van der Waals surface area (Å²) in [5, 5.41) is 5.36. The van der Waals surface area contributed by atoms with Gasteiger partial charge in [0, 0.05) is 10.4 Å². The van der Waals surface area contributed by atoms with Crippen LogP contribution in [0.1, 0.15) is 24.0 Å². The number of rotatable bonds is 3. The summed E-state index contributed by atoms with van der Waals surface area (Å²) < 4.78 is 14.1. The molecular formula is C15H16FNS. The van der Waals surface area contributed by atoms with Crippen LogP contribution in [-0.2, 0) is 5.54 Å². The van der Waals surface area contributed by atoms with Crippen molar-refractivity contribution in [3.63, 3.8) is 0 Å².